The largest absolute Gasteiger partial charge is 0.494 e. The Morgan fingerprint density at radius 1 is 1.16 bits per heavy atom. The highest BCUT2D eigenvalue weighted by molar-refractivity contribution is 5.42. The van der Waals surface area contributed by atoms with Gasteiger partial charge >= 0.3 is 0 Å². The lowest BCUT2D eigenvalue weighted by Crippen LogP contribution is -2.16. The van der Waals surface area contributed by atoms with E-state index < -0.39 is 0 Å². The van der Waals surface area contributed by atoms with Crippen LogP contribution >= 0.6 is 0 Å². The minimum Gasteiger partial charge on any atom is -0.494 e. The fourth-order valence-corrected chi connectivity index (χ4v) is 2.08. The van der Waals surface area contributed by atoms with E-state index in [0.717, 1.165) is 28.3 Å². The number of rotatable bonds is 4. The summed E-state index contributed by atoms with van der Waals surface area (Å²) < 4.78 is 5.63. The Labute approximate surface area is 113 Å². The van der Waals surface area contributed by atoms with Crippen molar-refractivity contribution in [3.8, 4) is 5.75 Å². The number of ether oxygens (including phenoxy) is 1. The molecule has 0 aliphatic rings. The summed E-state index contributed by atoms with van der Waals surface area (Å²) in [5.74, 6) is 0.825. The van der Waals surface area contributed by atoms with Gasteiger partial charge in [-0.15, -0.1) is 0 Å². The van der Waals surface area contributed by atoms with Crippen LogP contribution in [-0.2, 0) is 0 Å². The van der Waals surface area contributed by atoms with Crippen LogP contribution in [0.5, 0.6) is 5.75 Å². The Bertz CT molecular complexity index is 569. The summed E-state index contributed by atoms with van der Waals surface area (Å²) in [6.45, 7) is 6.42. The van der Waals surface area contributed by atoms with Crippen molar-refractivity contribution >= 4 is 0 Å². The summed E-state index contributed by atoms with van der Waals surface area (Å²) in [6, 6.07) is 9.58. The monoisotopic (exact) mass is 257 g/mol. The average molecular weight is 257 g/mol. The highest BCUT2D eigenvalue weighted by Crippen LogP contribution is 2.29. The van der Waals surface area contributed by atoms with Crippen LogP contribution in [0.3, 0.4) is 0 Å². The van der Waals surface area contributed by atoms with Crippen molar-refractivity contribution in [2.45, 2.75) is 26.8 Å². The van der Waals surface area contributed by atoms with Crippen LogP contribution in [-0.4, -0.2) is 16.8 Å². The molecule has 0 saturated heterocycles. The first kappa shape index (κ1) is 13.5. The van der Waals surface area contributed by atoms with E-state index >= 15 is 0 Å². The zero-order chi connectivity index (χ0) is 13.8. The Balaban J connectivity index is 2.43. The van der Waals surface area contributed by atoms with Gasteiger partial charge in [0.1, 0.15) is 5.75 Å². The zero-order valence-electron chi connectivity index (χ0n) is 11.6. The van der Waals surface area contributed by atoms with E-state index in [2.05, 4.69) is 10.2 Å². The number of hydrogen-bond acceptors (Lipinski definition) is 4. The molecule has 2 rings (SSSR count). The predicted molar refractivity (Wildman–Crippen MR) is 75.1 cm³/mol. The van der Waals surface area contributed by atoms with E-state index in [1.807, 2.05) is 51.1 Å². The molecule has 100 valence electrons. The van der Waals surface area contributed by atoms with E-state index in [4.69, 9.17) is 10.5 Å². The number of hydrogen-bond donors (Lipinski definition) is 1. The van der Waals surface area contributed by atoms with Gasteiger partial charge in [0.05, 0.1) is 24.0 Å². The second-order valence-corrected chi connectivity index (χ2v) is 4.47. The van der Waals surface area contributed by atoms with Crippen LogP contribution in [0.15, 0.2) is 30.3 Å². The van der Waals surface area contributed by atoms with Crippen molar-refractivity contribution in [1.82, 2.24) is 10.2 Å². The van der Waals surface area contributed by atoms with E-state index in [-0.39, 0.29) is 6.04 Å². The molecule has 0 radical (unpaired) electrons. The zero-order valence-corrected chi connectivity index (χ0v) is 11.6. The highest BCUT2D eigenvalue weighted by atomic mass is 16.5. The summed E-state index contributed by atoms with van der Waals surface area (Å²) in [5.41, 5.74) is 10.0. The average Bonchev–Trinajstić information content (AvgIpc) is 2.42. The molecule has 0 aliphatic carbocycles. The standard InChI is InChI=1S/C15H19N3O/c1-4-19-14-8-6-5-7-12(14)15(16)13-9-10(2)17-18-11(13)3/h5-9,15H,4,16H2,1-3H3. The van der Waals surface area contributed by atoms with Gasteiger partial charge < -0.3 is 10.5 Å². The van der Waals surface area contributed by atoms with Crippen LogP contribution in [0.1, 0.15) is 35.5 Å². The van der Waals surface area contributed by atoms with Gasteiger partial charge in [0, 0.05) is 5.56 Å². The lowest BCUT2D eigenvalue weighted by atomic mass is 9.97. The molecule has 1 atom stereocenters. The van der Waals surface area contributed by atoms with Crippen molar-refractivity contribution in [1.29, 1.82) is 0 Å². The van der Waals surface area contributed by atoms with Gasteiger partial charge in [0.25, 0.3) is 0 Å². The van der Waals surface area contributed by atoms with E-state index in [0.29, 0.717) is 6.61 Å². The molecular formula is C15H19N3O. The summed E-state index contributed by atoms with van der Waals surface area (Å²) in [5, 5.41) is 8.17. The van der Waals surface area contributed by atoms with Crippen molar-refractivity contribution in [3.63, 3.8) is 0 Å². The molecule has 1 aromatic carbocycles. The molecule has 4 nitrogen and oxygen atoms in total. The van der Waals surface area contributed by atoms with Gasteiger partial charge in [-0.3, -0.25) is 0 Å². The van der Waals surface area contributed by atoms with Crippen LogP contribution < -0.4 is 10.5 Å². The molecule has 2 aromatic rings. The van der Waals surface area contributed by atoms with Gasteiger partial charge in [-0.05, 0) is 38.5 Å². The van der Waals surface area contributed by atoms with Crippen molar-refractivity contribution in [2.24, 2.45) is 5.73 Å². The molecular weight excluding hydrogens is 238 g/mol. The minimum absolute atomic E-state index is 0.253. The van der Waals surface area contributed by atoms with Gasteiger partial charge in [0.2, 0.25) is 0 Å². The summed E-state index contributed by atoms with van der Waals surface area (Å²) in [4.78, 5) is 0. The fourth-order valence-electron chi connectivity index (χ4n) is 2.08. The SMILES string of the molecule is CCOc1ccccc1C(N)c1cc(C)nnc1C. The second kappa shape index (κ2) is 5.80. The van der Waals surface area contributed by atoms with Crippen LogP contribution in [0.25, 0.3) is 0 Å². The number of para-hydroxylation sites is 1. The molecule has 0 saturated carbocycles. The van der Waals surface area contributed by atoms with Crippen molar-refractivity contribution in [3.05, 3.63) is 52.8 Å². The molecule has 1 aromatic heterocycles. The second-order valence-electron chi connectivity index (χ2n) is 4.47. The van der Waals surface area contributed by atoms with Gasteiger partial charge in [-0.1, -0.05) is 18.2 Å². The van der Waals surface area contributed by atoms with E-state index in [1.165, 1.54) is 0 Å². The Morgan fingerprint density at radius 2 is 1.89 bits per heavy atom. The summed E-state index contributed by atoms with van der Waals surface area (Å²) in [7, 11) is 0. The van der Waals surface area contributed by atoms with Gasteiger partial charge in [-0.25, -0.2) is 0 Å². The van der Waals surface area contributed by atoms with Crippen molar-refractivity contribution < 1.29 is 4.74 Å². The van der Waals surface area contributed by atoms with Gasteiger partial charge in [-0.2, -0.15) is 10.2 Å². The molecule has 2 N–H and O–H groups in total. The molecule has 19 heavy (non-hydrogen) atoms. The minimum atomic E-state index is -0.253. The molecule has 1 heterocycles. The maximum Gasteiger partial charge on any atom is 0.124 e. The van der Waals surface area contributed by atoms with Crippen LogP contribution in [0.4, 0.5) is 0 Å². The topological polar surface area (TPSA) is 61.0 Å². The first-order chi connectivity index (χ1) is 9.13. The lowest BCUT2D eigenvalue weighted by molar-refractivity contribution is 0.335. The Hall–Kier alpha value is -1.94. The molecule has 1 unspecified atom stereocenters. The summed E-state index contributed by atoms with van der Waals surface area (Å²) >= 11 is 0. The molecule has 0 fully saturated rings. The molecule has 0 spiro atoms. The highest BCUT2D eigenvalue weighted by Gasteiger charge is 2.16. The number of aromatic nitrogens is 2. The first-order valence-electron chi connectivity index (χ1n) is 6.41. The Morgan fingerprint density at radius 3 is 2.63 bits per heavy atom. The van der Waals surface area contributed by atoms with Crippen molar-refractivity contribution in [2.75, 3.05) is 6.61 Å². The third kappa shape index (κ3) is 2.90. The molecule has 0 amide bonds. The third-order valence-electron chi connectivity index (χ3n) is 3.03. The van der Waals surface area contributed by atoms with E-state index in [9.17, 15) is 0 Å². The molecule has 0 bridgehead atoms. The van der Waals surface area contributed by atoms with E-state index in [1.54, 1.807) is 0 Å². The lowest BCUT2D eigenvalue weighted by Gasteiger charge is -2.18. The smallest absolute Gasteiger partial charge is 0.124 e. The van der Waals surface area contributed by atoms with Crippen LogP contribution in [0, 0.1) is 13.8 Å². The van der Waals surface area contributed by atoms with Crippen LogP contribution in [0.2, 0.25) is 0 Å². The number of nitrogens with zero attached hydrogens (tertiary/aromatic N) is 2. The first-order valence-corrected chi connectivity index (χ1v) is 6.41. The summed E-state index contributed by atoms with van der Waals surface area (Å²) in [6.07, 6.45) is 0. The maximum absolute atomic E-state index is 6.37. The number of benzene rings is 1. The fraction of sp³-hybridized carbons (Fsp3) is 0.333. The Kier molecular flexibility index (Phi) is 4.12. The normalized spacial score (nSPS) is 12.2. The third-order valence-corrected chi connectivity index (χ3v) is 3.03. The quantitative estimate of drug-likeness (QED) is 0.914. The molecule has 4 heteroatoms. The number of aryl methyl sites for hydroxylation is 2. The predicted octanol–water partition coefficient (Wildman–Crippen LogP) is 2.54. The molecule has 0 aliphatic heterocycles. The maximum atomic E-state index is 6.37. The van der Waals surface area contributed by atoms with Gasteiger partial charge in [0.15, 0.2) is 0 Å². The number of nitrogens with two attached hydrogens (primary N) is 1.